The van der Waals surface area contributed by atoms with Gasteiger partial charge in [0.2, 0.25) is 0 Å². The Morgan fingerprint density at radius 3 is 2.41 bits per heavy atom. The van der Waals surface area contributed by atoms with E-state index < -0.39 is 5.97 Å². The molecule has 0 aliphatic carbocycles. The zero-order valence-corrected chi connectivity index (χ0v) is 18.2. The normalized spacial score (nSPS) is 16.1. The van der Waals surface area contributed by atoms with E-state index in [1.807, 2.05) is 31.3 Å². The lowest BCUT2D eigenvalue weighted by Gasteiger charge is -2.35. The molecule has 0 bridgehead atoms. The van der Waals surface area contributed by atoms with E-state index in [0.717, 1.165) is 70.9 Å². The SMILES string of the molecule is CN(C/C=C/C(=O)O)CCCN1CCN(CCCNSc2ccc(N)cc2)CC1. The van der Waals surface area contributed by atoms with Crippen LogP contribution in [0.2, 0.25) is 0 Å². The summed E-state index contributed by atoms with van der Waals surface area (Å²) in [4.78, 5) is 18.9. The Labute approximate surface area is 179 Å². The molecule has 1 aliphatic heterocycles. The Bertz CT molecular complexity index is 618. The minimum Gasteiger partial charge on any atom is -0.478 e. The number of piperazine rings is 1. The number of carbonyl (C=O) groups is 1. The van der Waals surface area contributed by atoms with Crippen molar-refractivity contribution in [3.8, 4) is 0 Å². The van der Waals surface area contributed by atoms with Crippen LogP contribution in [-0.4, -0.2) is 91.7 Å². The predicted octanol–water partition coefficient (Wildman–Crippen LogP) is 1.84. The summed E-state index contributed by atoms with van der Waals surface area (Å²) in [5, 5.41) is 8.61. The molecular formula is C21H35N5O2S. The lowest BCUT2D eigenvalue weighted by atomic mass is 10.2. The first-order valence-corrected chi connectivity index (χ1v) is 11.1. The number of nitrogens with two attached hydrogens (primary N) is 1. The highest BCUT2D eigenvalue weighted by molar-refractivity contribution is 7.97. The van der Waals surface area contributed by atoms with E-state index in [2.05, 4.69) is 19.4 Å². The summed E-state index contributed by atoms with van der Waals surface area (Å²) in [6.07, 6.45) is 5.17. The van der Waals surface area contributed by atoms with Gasteiger partial charge in [-0.15, -0.1) is 0 Å². The van der Waals surface area contributed by atoms with E-state index in [0.29, 0.717) is 6.54 Å². The number of nitrogen functional groups attached to an aromatic ring is 1. The van der Waals surface area contributed by atoms with Crippen molar-refractivity contribution in [1.82, 2.24) is 19.4 Å². The van der Waals surface area contributed by atoms with Gasteiger partial charge in [-0.25, -0.2) is 4.79 Å². The summed E-state index contributed by atoms with van der Waals surface area (Å²) in [5.74, 6) is -0.882. The summed E-state index contributed by atoms with van der Waals surface area (Å²) in [7, 11) is 2.03. The molecule has 162 valence electrons. The predicted molar refractivity (Wildman–Crippen MR) is 121 cm³/mol. The summed E-state index contributed by atoms with van der Waals surface area (Å²) in [6, 6.07) is 7.93. The largest absolute Gasteiger partial charge is 0.478 e. The van der Waals surface area contributed by atoms with Crippen LogP contribution in [0.15, 0.2) is 41.3 Å². The molecule has 1 saturated heterocycles. The molecule has 0 saturated carbocycles. The second-order valence-electron chi connectivity index (χ2n) is 7.46. The molecule has 7 nitrogen and oxygen atoms in total. The van der Waals surface area contributed by atoms with Crippen LogP contribution in [0.3, 0.4) is 0 Å². The molecule has 4 N–H and O–H groups in total. The zero-order chi connectivity index (χ0) is 20.9. The van der Waals surface area contributed by atoms with Crippen LogP contribution in [0.5, 0.6) is 0 Å². The van der Waals surface area contributed by atoms with Crippen LogP contribution in [0.4, 0.5) is 5.69 Å². The van der Waals surface area contributed by atoms with E-state index in [9.17, 15) is 4.79 Å². The van der Waals surface area contributed by atoms with Gasteiger partial charge in [0, 0.05) is 55.9 Å². The number of rotatable bonds is 13. The molecule has 0 aromatic heterocycles. The molecule has 0 unspecified atom stereocenters. The number of hydrogen-bond acceptors (Lipinski definition) is 7. The van der Waals surface area contributed by atoms with Crippen LogP contribution >= 0.6 is 11.9 Å². The lowest BCUT2D eigenvalue weighted by Crippen LogP contribution is -2.47. The molecule has 1 aromatic rings. The third-order valence-corrected chi connectivity index (χ3v) is 5.84. The van der Waals surface area contributed by atoms with E-state index in [1.54, 1.807) is 18.0 Å². The maximum Gasteiger partial charge on any atom is 0.328 e. The summed E-state index contributed by atoms with van der Waals surface area (Å²) in [6.45, 7) is 9.48. The van der Waals surface area contributed by atoms with E-state index in [-0.39, 0.29) is 0 Å². The van der Waals surface area contributed by atoms with Crippen molar-refractivity contribution >= 4 is 23.6 Å². The Hall–Kier alpha value is -1.58. The molecule has 0 spiro atoms. The van der Waals surface area contributed by atoms with Crippen LogP contribution in [0.25, 0.3) is 0 Å². The Kier molecular flexibility index (Phi) is 11.1. The highest BCUT2D eigenvalue weighted by Crippen LogP contribution is 2.15. The molecule has 0 atom stereocenters. The molecule has 29 heavy (non-hydrogen) atoms. The minimum atomic E-state index is -0.882. The van der Waals surface area contributed by atoms with Gasteiger partial charge in [-0.05, 0) is 75.7 Å². The highest BCUT2D eigenvalue weighted by Gasteiger charge is 2.15. The molecular weight excluding hydrogens is 386 g/mol. The molecule has 1 fully saturated rings. The maximum absolute atomic E-state index is 10.5. The van der Waals surface area contributed by atoms with Gasteiger partial charge in [0.1, 0.15) is 0 Å². The molecule has 0 radical (unpaired) electrons. The van der Waals surface area contributed by atoms with Crippen molar-refractivity contribution in [2.24, 2.45) is 0 Å². The number of aliphatic carboxylic acids is 1. The van der Waals surface area contributed by atoms with Crippen molar-refractivity contribution in [3.63, 3.8) is 0 Å². The fraction of sp³-hybridized carbons (Fsp3) is 0.571. The maximum atomic E-state index is 10.5. The number of nitrogens with one attached hydrogen (secondary N) is 1. The van der Waals surface area contributed by atoms with Crippen LogP contribution in [-0.2, 0) is 4.79 Å². The van der Waals surface area contributed by atoms with Gasteiger partial charge in [0.15, 0.2) is 0 Å². The van der Waals surface area contributed by atoms with Crippen molar-refractivity contribution in [2.75, 3.05) is 71.7 Å². The number of carboxylic acid groups (broad SMARTS) is 1. The van der Waals surface area contributed by atoms with Gasteiger partial charge >= 0.3 is 5.97 Å². The van der Waals surface area contributed by atoms with E-state index in [4.69, 9.17) is 10.8 Å². The van der Waals surface area contributed by atoms with Crippen LogP contribution < -0.4 is 10.5 Å². The third-order valence-electron chi connectivity index (χ3n) is 4.98. The average molecular weight is 422 g/mol. The smallest absolute Gasteiger partial charge is 0.328 e. The molecule has 0 amide bonds. The number of benzene rings is 1. The van der Waals surface area contributed by atoms with Gasteiger partial charge in [-0.2, -0.15) is 0 Å². The van der Waals surface area contributed by atoms with Crippen molar-refractivity contribution in [3.05, 3.63) is 36.4 Å². The number of anilines is 1. The number of hydrogen-bond donors (Lipinski definition) is 3. The first-order valence-electron chi connectivity index (χ1n) is 10.3. The zero-order valence-electron chi connectivity index (χ0n) is 17.4. The van der Waals surface area contributed by atoms with Gasteiger partial charge < -0.3 is 25.5 Å². The number of likely N-dealkylation sites (N-methyl/N-ethyl adjacent to an activating group) is 1. The molecule has 1 aliphatic rings. The fourth-order valence-corrected chi connectivity index (χ4v) is 3.96. The second kappa shape index (κ2) is 13.6. The molecule has 8 heteroatoms. The van der Waals surface area contributed by atoms with E-state index in [1.165, 1.54) is 11.0 Å². The van der Waals surface area contributed by atoms with Gasteiger partial charge in [-0.1, -0.05) is 6.08 Å². The minimum absolute atomic E-state index is 0.685. The fourth-order valence-electron chi connectivity index (χ4n) is 3.27. The summed E-state index contributed by atoms with van der Waals surface area (Å²) >= 11 is 1.66. The Balaban J connectivity index is 1.46. The average Bonchev–Trinajstić information content (AvgIpc) is 2.70. The van der Waals surface area contributed by atoms with Gasteiger partial charge in [0.05, 0.1) is 0 Å². The Morgan fingerprint density at radius 1 is 1.17 bits per heavy atom. The second-order valence-corrected chi connectivity index (χ2v) is 8.42. The standard InChI is InChI=1S/C21H35N5O2S/c1-24(11-2-5-21(27)28)12-4-14-26-17-15-25(16-18-26)13-3-10-23-29-20-8-6-19(22)7-9-20/h2,5-9,23H,3-4,10-18,22H2,1H3,(H,27,28)/b5-2+. The summed E-state index contributed by atoms with van der Waals surface area (Å²) in [5.41, 5.74) is 6.50. The molecule has 1 aromatic carbocycles. The van der Waals surface area contributed by atoms with Crippen LogP contribution in [0.1, 0.15) is 12.8 Å². The van der Waals surface area contributed by atoms with Crippen molar-refractivity contribution in [1.29, 1.82) is 0 Å². The molecule has 2 rings (SSSR count). The first-order chi connectivity index (χ1) is 14.0. The first kappa shape index (κ1) is 23.7. The topological polar surface area (TPSA) is 85.1 Å². The number of carboxylic acids is 1. The van der Waals surface area contributed by atoms with Gasteiger partial charge in [0.25, 0.3) is 0 Å². The lowest BCUT2D eigenvalue weighted by molar-refractivity contribution is -0.131. The van der Waals surface area contributed by atoms with Gasteiger partial charge in [-0.3, -0.25) is 4.72 Å². The third kappa shape index (κ3) is 10.7. The highest BCUT2D eigenvalue weighted by atomic mass is 32.2. The molecule has 1 heterocycles. The van der Waals surface area contributed by atoms with Crippen molar-refractivity contribution in [2.45, 2.75) is 17.7 Å². The monoisotopic (exact) mass is 421 g/mol. The number of nitrogens with zero attached hydrogens (tertiary/aromatic N) is 3. The van der Waals surface area contributed by atoms with E-state index >= 15 is 0 Å². The van der Waals surface area contributed by atoms with Crippen LogP contribution in [0, 0.1) is 0 Å². The van der Waals surface area contributed by atoms with Crippen molar-refractivity contribution < 1.29 is 9.90 Å². The quantitative estimate of drug-likeness (QED) is 0.193. The Morgan fingerprint density at radius 2 is 1.79 bits per heavy atom. The summed E-state index contributed by atoms with van der Waals surface area (Å²) < 4.78 is 3.43.